The number of sulfonamides is 1. The highest BCUT2D eigenvalue weighted by Gasteiger charge is 2.64. The van der Waals surface area contributed by atoms with Crippen molar-refractivity contribution >= 4 is 33.3 Å². The Balaban J connectivity index is 1.92. The Bertz CT molecular complexity index is 1590. The first kappa shape index (κ1) is 26.6. The Morgan fingerprint density at radius 1 is 1.08 bits per heavy atom. The van der Waals surface area contributed by atoms with Crippen LogP contribution in [0.5, 0.6) is 0 Å². The van der Waals surface area contributed by atoms with Gasteiger partial charge in [-0.2, -0.15) is 0 Å². The van der Waals surface area contributed by atoms with E-state index < -0.39 is 39.2 Å². The second-order valence-electron chi connectivity index (χ2n) is 9.82. The van der Waals surface area contributed by atoms with Crippen molar-refractivity contribution in [1.82, 2.24) is 0 Å². The lowest BCUT2D eigenvalue weighted by atomic mass is 9.61. The number of hydrogen-bond donors (Lipinski definition) is 0. The maximum atomic E-state index is 15.8. The molecule has 1 spiro atoms. The van der Waals surface area contributed by atoms with Crippen LogP contribution in [0.3, 0.4) is 0 Å². The van der Waals surface area contributed by atoms with Crippen LogP contribution in [-0.4, -0.2) is 39.5 Å². The molecule has 1 amide bonds. The summed E-state index contributed by atoms with van der Waals surface area (Å²) in [4.78, 5) is 28.3. The molecule has 0 bridgehead atoms. The molecule has 3 aromatic carbocycles. The predicted octanol–water partition coefficient (Wildman–Crippen LogP) is 4.85. The van der Waals surface area contributed by atoms with Gasteiger partial charge in [-0.25, -0.2) is 17.6 Å². The van der Waals surface area contributed by atoms with Crippen LogP contribution in [0.15, 0.2) is 84.3 Å². The molecule has 7 nitrogen and oxygen atoms in total. The smallest absolute Gasteiger partial charge is 0.331 e. The summed E-state index contributed by atoms with van der Waals surface area (Å²) in [5.41, 5.74) is 0.612. The first-order chi connectivity index (χ1) is 18.6. The molecule has 0 aromatic heterocycles. The number of fused-ring (bicyclic) bond motifs is 3. The number of para-hydroxylation sites is 1. The number of anilines is 2. The van der Waals surface area contributed by atoms with Gasteiger partial charge in [-0.1, -0.05) is 48.0 Å². The Hall–Kier alpha value is -3.98. The van der Waals surface area contributed by atoms with Gasteiger partial charge in [0.15, 0.2) is 6.04 Å². The van der Waals surface area contributed by atoms with E-state index in [0.717, 1.165) is 9.87 Å². The van der Waals surface area contributed by atoms with Crippen LogP contribution < -0.4 is 9.21 Å². The number of aryl methyl sites for hydroxylation is 1. The third-order valence-corrected chi connectivity index (χ3v) is 9.47. The van der Waals surface area contributed by atoms with Gasteiger partial charge in [-0.15, -0.1) is 6.58 Å². The van der Waals surface area contributed by atoms with Crippen molar-refractivity contribution in [2.24, 2.45) is 0 Å². The van der Waals surface area contributed by atoms with Crippen molar-refractivity contribution in [2.45, 2.75) is 43.0 Å². The highest BCUT2D eigenvalue weighted by molar-refractivity contribution is 7.93. The Morgan fingerprint density at radius 3 is 2.38 bits per heavy atom. The Kier molecular flexibility index (Phi) is 6.58. The van der Waals surface area contributed by atoms with Gasteiger partial charge in [-0.3, -0.25) is 9.10 Å². The average Bonchev–Trinajstić information content (AvgIpc) is 3.24. The maximum Gasteiger partial charge on any atom is 0.331 e. The summed E-state index contributed by atoms with van der Waals surface area (Å²) in [7, 11) is -4.43. The van der Waals surface area contributed by atoms with E-state index in [4.69, 9.17) is 4.74 Å². The average molecular weight is 549 g/mol. The number of nitrogens with zero attached hydrogens (tertiary/aromatic N) is 2. The van der Waals surface area contributed by atoms with E-state index in [9.17, 15) is 18.0 Å². The third-order valence-electron chi connectivity index (χ3n) is 7.68. The van der Waals surface area contributed by atoms with E-state index in [-0.39, 0.29) is 35.2 Å². The second-order valence-corrected chi connectivity index (χ2v) is 11.6. The quantitative estimate of drug-likeness (QED) is 0.336. The topological polar surface area (TPSA) is 84.0 Å². The standard InChI is InChI=1S/C30H29FN2O5S/c1-5-22-27-24(31)11-9-13-26(27)33(39(36,37)21-16-14-19(3)15-17-21)28(29(35)38-6-2)30(22)18-32(20(4)34)25-12-8-7-10-23(25)30/h5,7-17,22,28H,1,6,18H2,2-4H3. The van der Waals surface area contributed by atoms with Crippen molar-refractivity contribution in [1.29, 1.82) is 0 Å². The molecule has 9 heteroatoms. The zero-order chi connectivity index (χ0) is 28.1. The van der Waals surface area contributed by atoms with Crippen LogP contribution in [0.4, 0.5) is 15.8 Å². The number of carbonyl (C=O) groups is 2. The molecule has 0 fully saturated rings. The summed E-state index contributed by atoms with van der Waals surface area (Å²) >= 11 is 0. The molecular formula is C30H29FN2O5S. The molecule has 0 N–H and O–H groups in total. The molecule has 39 heavy (non-hydrogen) atoms. The zero-order valence-corrected chi connectivity index (χ0v) is 22.7. The van der Waals surface area contributed by atoms with Crippen LogP contribution >= 0.6 is 0 Å². The molecular weight excluding hydrogens is 519 g/mol. The van der Waals surface area contributed by atoms with Crippen molar-refractivity contribution in [3.8, 4) is 0 Å². The molecule has 3 aromatic rings. The highest BCUT2D eigenvalue weighted by atomic mass is 32.2. The van der Waals surface area contributed by atoms with Crippen LogP contribution in [0, 0.1) is 12.7 Å². The molecule has 0 radical (unpaired) electrons. The van der Waals surface area contributed by atoms with Crippen molar-refractivity contribution in [3.05, 3.63) is 102 Å². The maximum absolute atomic E-state index is 15.8. The van der Waals surface area contributed by atoms with E-state index in [1.165, 1.54) is 48.2 Å². The van der Waals surface area contributed by atoms with Gasteiger partial charge in [-0.05, 0) is 49.7 Å². The molecule has 2 aliphatic heterocycles. The number of carbonyl (C=O) groups excluding carboxylic acids is 2. The Morgan fingerprint density at radius 2 is 1.74 bits per heavy atom. The van der Waals surface area contributed by atoms with Crippen LogP contribution in [0.2, 0.25) is 0 Å². The molecule has 0 saturated heterocycles. The van der Waals surface area contributed by atoms with Gasteiger partial charge in [0.2, 0.25) is 5.91 Å². The minimum Gasteiger partial charge on any atom is -0.464 e. The molecule has 2 heterocycles. The van der Waals surface area contributed by atoms with E-state index in [1.54, 1.807) is 43.3 Å². The minimum atomic E-state index is -4.43. The molecule has 2 aliphatic rings. The summed E-state index contributed by atoms with van der Waals surface area (Å²) in [5, 5.41) is 0. The minimum absolute atomic E-state index is 0.00331. The van der Waals surface area contributed by atoms with Gasteiger partial charge in [0.05, 0.1) is 22.6 Å². The SMILES string of the molecule is C=CC1c2c(F)cccc2N(S(=O)(=O)c2ccc(C)cc2)C(C(=O)OCC)C12CN(C(C)=O)c1ccccc12. The van der Waals surface area contributed by atoms with Crippen molar-refractivity contribution < 1.29 is 27.1 Å². The summed E-state index contributed by atoms with van der Waals surface area (Å²) in [5.74, 6) is -2.59. The van der Waals surface area contributed by atoms with Crippen LogP contribution in [0.25, 0.3) is 0 Å². The normalized spacial score (nSPS) is 21.8. The van der Waals surface area contributed by atoms with Crippen LogP contribution in [0.1, 0.15) is 36.5 Å². The number of hydrogen-bond acceptors (Lipinski definition) is 5. The van der Waals surface area contributed by atoms with Gasteiger partial charge in [0.1, 0.15) is 5.82 Å². The number of ether oxygens (including phenoxy) is 1. The molecule has 3 unspecified atom stereocenters. The summed E-state index contributed by atoms with van der Waals surface area (Å²) < 4.78 is 51.2. The molecule has 0 aliphatic carbocycles. The zero-order valence-electron chi connectivity index (χ0n) is 21.9. The number of amides is 1. The van der Waals surface area contributed by atoms with Crippen molar-refractivity contribution in [2.75, 3.05) is 22.4 Å². The van der Waals surface area contributed by atoms with E-state index >= 15 is 4.39 Å². The second kappa shape index (κ2) is 9.64. The summed E-state index contributed by atoms with van der Waals surface area (Å²) in [6.45, 7) is 8.78. The Labute approximate surface area is 227 Å². The molecule has 5 rings (SSSR count). The number of esters is 1. The van der Waals surface area contributed by atoms with Crippen molar-refractivity contribution in [3.63, 3.8) is 0 Å². The lowest BCUT2D eigenvalue weighted by molar-refractivity contribution is -0.146. The summed E-state index contributed by atoms with van der Waals surface area (Å²) in [6, 6.07) is 15.9. The van der Waals surface area contributed by atoms with E-state index in [0.29, 0.717) is 11.3 Å². The third kappa shape index (κ3) is 3.86. The number of allylic oxidation sites excluding steroid dienone is 1. The lowest BCUT2D eigenvalue weighted by Crippen LogP contribution is -2.64. The summed E-state index contributed by atoms with van der Waals surface area (Å²) in [6.07, 6.45) is 1.53. The predicted molar refractivity (Wildman–Crippen MR) is 147 cm³/mol. The van der Waals surface area contributed by atoms with Gasteiger partial charge in [0, 0.05) is 30.6 Å². The van der Waals surface area contributed by atoms with Gasteiger partial charge < -0.3 is 9.64 Å². The number of halogens is 1. The fraction of sp³-hybridized carbons (Fsp3) is 0.267. The lowest BCUT2D eigenvalue weighted by Gasteiger charge is -2.51. The molecule has 0 saturated carbocycles. The van der Waals surface area contributed by atoms with E-state index in [1.807, 2.05) is 6.92 Å². The molecule has 202 valence electrons. The molecule has 3 atom stereocenters. The van der Waals surface area contributed by atoms with Gasteiger partial charge in [0.25, 0.3) is 10.0 Å². The van der Waals surface area contributed by atoms with Crippen LogP contribution in [-0.2, 0) is 29.8 Å². The number of benzene rings is 3. The monoisotopic (exact) mass is 548 g/mol. The largest absolute Gasteiger partial charge is 0.464 e. The number of rotatable bonds is 5. The van der Waals surface area contributed by atoms with E-state index in [2.05, 4.69) is 6.58 Å². The van der Waals surface area contributed by atoms with Gasteiger partial charge >= 0.3 is 5.97 Å². The first-order valence-corrected chi connectivity index (χ1v) is 14.1. The fourth-order valence-corrected chi connectivity index (χ4v) is 7.74. The fourth-order valence-electron chi connectivity index (χ4n) is 6.06. The first-order valence-electron chi connectivity index (χ1n) is 12.7. The highest BCUT2D eigenvalue weighted by Crippen LogP contribution is 2.59.